The van der Waals surface area contributed by atoms with Gasteiger partial charge in [0.05, 0.1) is 0 Å². The lowest BCUT2D eigenvalue weighted by Crippen LogP contribution is -2.19. The lowest BCUT2D eigenvalue weighted by atomic mass is 9.82. The van der Waals surface area contributed by atoms with E-state index in [1.165, 1.54) is 18.4 Å². The maximum absolute atomic E-state index is 6.10. The van der Waals surface area contributed by atoms with Crippen LogP contribution in [0.1, 0.15) is 45.1 Å². The van der Waals surface area contributed by atoms with Gasteiger partial charge >= 0.3 is 0 Å². The fourth-order valence-corrected chi connectivity index (χ4v) is 3.62. The van der Waals surface area contributed by atoms with Crippen LogP contribution in [-0.4, -0.2) is 3.92 Å². The second kappa shape index (κ2) is 6.47. The molecule has 1 aromatic rings. The zero-order valence-electron chi connectivity index (χ0n) is 10.9. The van der Waals surface area contributed by atoms with Gasteiger partial charge in [-0.3, -0.25) is 0 Å². The quantitative estimate of drug-likeness (QED) is 0.477. The molecule has 0 spiro atoms. The summed E-state index contributed by atoms with van der Waals surface area (Å²) in [7, 11) is 0. The highest BCUT2D eigenvalue weighted by molar-refractivity contribution is 14.1. The average molecular weight is 346 g/mol. The summed E-state index contributed by atoms with van der Waals surface area (Å²) in [5, 5.41) is 0. The van der Waals surface area contributed by atoms with Crippen molar-refractivity contribution in [2.75, 3.05) is 11.5 Å². The molecule has 0 heterocycles. The smallest absolute Gasteiger partial charge is 0.0351 e. The molecule has 96 valence electrons. The molecule has 0 saturated heterocycles. The van der Waals surface area contributed by atoms with E-state index in [4.69, 9.17) is 11.5 Å². The van der Waals surface area contributed by atoms with E-state index in [-0.39, 0.29) is 0 Å². The van der Waals surface area contributed by atoms with E-state index in [1.807, 2.05) is 18.2 Å². The first-order valence-electron chi connectivity index (χ1n) is 6.26. The van der Waals surface area contributed by atoms with Crippen molar-refractivity contribution in [1.29, 1.82) is 0 Å². The summed E-state index contributed by atoms with van der Waals surface area (Å²) in [5.41, 5.74) is 14.9. The van der Waals surface area contributed by atoms with E-state index in [2.05, 4.69) is 43.4 Å². The van der Waals surface area contributed by atoms with Crippen LogP contribution in [0.4, 0.5) is 11.4 Å². The molecule has 4 N–H and O–H groups in total. The molecule has 0 radical (unpaired) electrons. The summed E-state index contributed by atoms with van der Waals surface area (Å²) in [4.78, 5) is 0. The van der Waals surface area contributed by atoms with Gasteiger partial charge in [-0.1, -0.05) is 56.2 Å². The third-order valence-electron chi connectivity index (χ3n) is 3.32. The van der Waals surface area contributed by atoms with Crippen LogP contribution in [0.2, 0.25) is 0 Å². The Balaban J connectivity index is 3.09. The molecule has 0 aliphatic rings. The molecule has 17 heavy (non-hydrogen) atoms. The van der Waals surface area contributed by atoms with E-state index >= 15 is 0 Å². The Hall–Kier alpha value is -0.450. The van der Waals surface area contributed by atoms with E-state index in [0.29, 0.717) is 15.8 Å². The minimum absolute atomic E-state index is 0.485. The molecular weight excluding hydrogens is 323 g/mol. The molecule has 0 fully saturated rings. The van der Waals surface area contributed by atoms with Gasteiger partial charge in [-0.15, -0.1) is 0 Å². The van der Waals surface area contributed by atoms with Crippen molar-refractivity contribution in [3.05, 3.63) is 23.8 Å². The molecule has 0 bridgehead atoms. The summed E-state index contributed by atoms with van der Waals surface area (Å²) in [6.07, 6.45) is 2.44. The summed E-state index contributed by atoms with van der Waals surface area (Å²) < 4.78 is 0.554. The first-order valence-corrected chi connectivity index (χ1v) is 7.50. The Morgan fingerprint density at radius 3 is 2.41 bits per heavy atom. The summed E-state index contributed by atoms with van der Waals surface area (Å²) in [6, 6.07) is 5.84. The summed E-state index contributed by atoms with van der Waals surface area (Å²) in [5.74, 6) is 1.12. The normalized spacial score (nSPS) is 16.5. The number of anilines is 2. The Bertz CT molecular complexity index is 363. The van der Waals surface area contributed by atoms with Crippen LogP contribution >= 0.6 is 22.6 Å². The fraction of sp³-hybridized carbons (Fsp3) is 0.571. The molecule has 0 aromatic heterocycles. The largest absolute Gasteiger partial charge is 0.399 e. The third-order valence-corrected chi connectivity index (χ3v) is 4.10. The summed E-state index contributed by atoms with van der Waals surface area (Å²) in [6.45, 7) is 6.79. The average Bonchev–Trinajstić information content (AvgIpc) is 2.23. The Morgan fingerprint density at radius 1 is 1.24 bits per heavy atom. The van der Waals surface area contributed by atoms with E-state index in [0.717, 1.165) is 11.4 Å². The van der Waals surface area contributed by atoms with Crippen molar-refractivity contribution in [3.8, 4) is 0 Å². The van der Waals surface area contributed by atoms with Gasteiger partial charge in [-0.25, -0.2) is 0 Å². The molecule has 0 amide bonds. The minimum Gasteiger partial charge on any atom is -0.399 e. The van der Waals surface area contributed by atoms with Gasteiger partial charge in [0.25, 0.3) is 0 Å². The van der Waals surface area contributed by atoms with Crippen LogP contribution in [0.3, 0.4) is 0 Å². The van der Waals surface area contributed by atoms with Crippen molar-refractivity contribution in [2.45, 2.75) is 43.5 Å². The van der Waals surface area contributed by atoms with Crippen molar-refractivity contribution in [1.82, 2.24) is 0 Å². The van der Waals surface area contributed by atoms with Crippen molar-refractivity contribution < 1.29 is 0 Å². The SMILES string of the molecule is CCCC(C)C(c1cc(N)ccc1N)C(C)I. The predicted molar refractivity (Wildman–Crippen MR) is 85.6 cm³/mol. The molecule has 3 heteroatoms. The third kappa shape index (κ3) is 3.76. The van der Waals surface area contributed by atoms with Crippen LogP contribution in [-0.2, 0) is 0 Å². The molecule has 2 nitrogen and oxygen atoms in total. The lowest BCUT2D eigenvalue weighted by Gasteiger charge is -2.28. The maximum Gasteiger partial charge on any atom is 0.0351 e. The lowest BCUT2D eigenvalue weighted by molar-refractivity contribution is 0.428. The second-order valence-electron chi connectivity index (χ2n) is 4.86. The van der Waals surface area contributed by atoms with Crippen LogP contribution in [0.15, 0.2) is 18.2 Å². The number of nitrogens with two attached hydrogens (primary N) is 2. The van der Waals surface area contributed by atoms with Gasteiger partial charge in [0.15, 0.2) is 0 Å². The molecule has 3 atom stereocenters. The van der Waals surface area contributed by atoms with Gasteiger partial charge in [-0.2, -0.15) is 0 Å². The number of rotatable bonds is 5. The van der Waals surface area contributed by atoms with Crippen molar-refractivity contribution >= 4 is 34.0 Å². The number of halogens is 1. The standard InChI is InChI=1S/C14H23IN2/c1-4-5-9(2)14(10(3)15)12-8-11(16)6-7-13(12)17/h6-10,14H,4-5,16-17H2,1-3H3. The molecular formula is C14H23IN2. The van der Waals surface area contributed by atoms with E-state index < -0.39 is 0 Å². The molecule has 1 aromatic carbocycles. The van der Waals surface area contributed by atoms with Crippen molar-refractivity contribution in [2.24, 2.45) is 5.92 Å². The van der Waals surface area contributed by atoms with Gasteiger partial charge in [0.1, 0.15) is 0 Å². The Labute approximate surface area is 118 Å². The molecule has 0 saturated carbocycles. The highest BCUT2D eigenvalue weighted by Gasteiger charge is 2.25. The number of nitrogen functional groups attached to an aromatic ring is 2. The monoisotopic (exact) mass is 346 g/mol. The highest BCUT2D eigenvalue weighted by atomic mass is 127. The molecule has 0 aliphatic heterocycles. The Morgan fingerprint density at radius 2 is 1.88 bits per heavy atom. The number of alkyl halides is 1. The zero-order chi connectivity index (χ0) is 13.0. The number of hydrogen-bond acceptors (Lipinski definition) is 2. The predicted octanol–water partition coefficient (Wildman–Crippen LogP) is 4.19. The van der Waals surface area contributed by atoms with Crippen LogP contribution in [0.25, 0.3) is 0 Å². The first-order chi connectivity index (χ1) is 7.97. The minimum atomic E-state index is 0.485. The number of benzene rings is 1. The molecule has 0 aliphatic carbocycles. The van der Waals surface area contributed by atoms with Gasteiger partial charge < -0.3 is 11.5 Å². The van der Waals surface area contributed by atoms with Crippen LogP contribution in [0.5, 0.6) is 0 Å². The first kappa shape index (κ1) is 14.6. The molecule has 1 rings (SSSR count). The highest BCUT2D eigenvalue weighted by Crippen LogP contribution is 2.38. The second-order valence-corrected chi connectivity index (χ2v) is 6.82. The van der Waals surface area contributed by atoms with Gasteiger partial charge in [0.2, 0.25) is 0 Å². The fourth-order valence-electron chi connectivity index (χ4n) is 2.52. The maximum atomic E-state index is 6.10. The van der Waals surface area contributed by atoms with Crippen LogP contribution in [0, 0.1) is 5.92 Å². The topological polar surface area (TPSA) is 52.0 Å². The molecule has 3 unspecified atom stereocenters. The van der Waals surface area contributed by atoms with Gasteiger partial charge in [0, 0.05) is 21.2 Å². The van der Waals surface area contributed by atoms with Gasteiger partial charge in [-0.05, 0) is 29.7 Å². The summed E-state index contributed by atoms with van der Waals surface area (Å²) >= 11 is 2.49. The van der Waals surface area contributed by atoms with E-state index in [9.17, 15) is 0 Å². The zero-order valence-corrected chi connectivity index (χ0v) is 13.1. The number of hydrogen-bond donors (Lipinski definition) is 2. The van der Waals surface area contributed by atoms with E-state index in [1.54, 1.807) is 0 Å². The Kier molecular flexibility index (Phi) is 5.56. The van der Waals surface area contributed by atoms with Crippen LogP contribution < -0.4 is 11.5 Å². The van der Waals surface area contributed by atoms with Crippen molar-refractivity contribution in [3.63, 3.8) is 0 Å².